The molecule has 4 heteroatoms. The van der Waals surface area contributed by atoms with Gasteiger partial charge in [0.15, 0.2) is 0 Å². The van der Waals surface area contributed by atoms with E-state index in [1.807, 2.05) is 0 Å². The molecule has 2 rings (SSSR count). The van der Waals surface area contributed by atoms with Gasteiger partial charge in [-0.2, -0.15) is 0 Å². The number of carbonyl (C=O) groups is 1. The second-order valence-corrected chi connectivity index (χ2v) is 4.85. The van der Waals surface area contributed by atoms with Gasteiger partial charge in [0.1, 0.15) is 6.29 Å². The molecule has 2 nitrogen and oxygen atoms in total. The molecular formula is C13H14ClFO2. The molecule has 0 radical (unpaired) electrons. The van der Waals surface area contributed by atoms with Gasteiger partial charge in [-0.05, 0) is 36.6 Å². The summed E-state index contributed by atoms with van der Waals surface area (Å²) in [6.45, 7) is 0.648. The first-order chi connectivity index (χ1) is 8.20. The van der Waals surface area contributed by atoms with E-state index in [-0.39, 0.29) is 0 Å². The lowest BCUT2D eigenvalue weighted by atomic mass is 9.75. The number of halogens is 2. The molecule has 17 heavy (non-hydrogen) atoms. The summed E-state index contributed by atoms with van der Waals surface area (Å²) in [5, 5.41) is 0.476. The van der Waals surface area contributed by atoms with Crippen LogP contribution in [-0.4, -0.2) is 26.2 Å². The quantitative estimate of drug-likeness (QED) is 0.777. The number of hydrogen-bond donors (Lipinski definition) is 0. The Morgan fingerprint density at radius 2 is 2.06 bits per heavy atom. The Labute approximate surface area is 105 Å². The van der Waals surface area contributed by atoms with Crippen molar-refractivity contribution in [2.24, 2.45) is 0 Å². The highest BCUT2D eigenvalue weighted by atomic mass is 35.5. The van der Waals surface area contributed by atoms with E-state index in [1.54, 1.807) is 18.2 Å². The van der Waals surface area contributed by atoms with Crippen LogP contribution in [0, 0.1) is 0 Å². The van der Waals surface area contributed by atoms with E-state index in [9.17, 15) is 9.18 Å². The Balaban J connectivity index is 2.42. The van der Waals surface area contributed by atoms with E-state index >= 15 is 0 Å². The topological polar surface area (TPSA) is 26.3 Å². The number of rotatable bonds is 3. The van der Waals surface area contributed by atoms with E-state index in [0.29, 0.717) is 36.6 Å². The van der Waals surface area contributed by atoms with Crippen molar-refractivity contribution in [3.05, 3.63) is 34.3 Å². The minimum Gasteiger partial charge on any atom is -0.381 e. The molecule has 1 fully saturated rings. The maximum absolute atomic E-state index is 13.4. The molecule has 0 bridgehead atoms. The molecule has 1 aromatic carbocycles. The Hall–Kier alpha value is -0.930. The van der Waals surface area contributed by atoms with Crippen LogP contribution in [0.5, 0.6) is 0 Å². The van der Waals surface area contributed by atoms with Crippen molar-refractivity contribution in [2.45, 2.75) is 18.3 Å². The smallest absolute Gasteiger partial charge is 0.150 e. The van der Waals surface area contributed by atoms with Crippen LogP contribution in [0.2, 0.25) is 5.02 Å². The van der Waals surface area contributed by atoms with Crippen LogP contribution in [0.4, 0.5) is 4.39 Å². The standard InChI is InChI=1S/C13H14ClFO2/c14-12-6-10(8-16)5-11(7-12)13(9-15)1-3-17-4-2-13/h5-8H,1-4,9H2. The second kappa shape index (κ2) is 5.15. The fourth-order valence-corrected chi connectivity index (χ4v) is 2.49. The maximum atomic E-state index is 13.4. The lowest BCUT2D eigenvalue weighted by Crippen LogP contribution is -2.36. The van der Waals surface area contributed by atoms with Crippen molar-refractivity contribution in [1.29, 1.82) is 0 Å². The van der Waals surface area contributed by atoms with Gasteiger partial charge in [-0.3, -0.25) is 9.18 Å². The predicted molar refractivity (Wildman–Crippen MR) is 64.5 cm³/mol. The first-order valence-electron chi connectivity index (χ1n) is 5.60. The zero-order valence-corrected chi connectivity index (χ0v) is 10.2. The Morgan fingerprint density at radius 1 is 1.35 bits per heavy atom. The number of alkyl halides is 1. The zero-order valence-electron chi connectivity index (χ0n) is 9.42. The van der Waals surface area contributed by atoms with Gasteiger partial charge < -0.3 is 4.74 Å². The van der Waals surface area contributed by atoms with E-state index < -0.39 is 12.1 Å². The van der Waals surface area contributed by atoms with Gasteiger partial charge in [0.05, 0.1) is 6.67 Å². The van der Waals surface area contributed by atoms with Crippen LogP contribution >= 0.6 is 11.6 Å². The highest BCUT2D eigenvalue weighted by Gasteiger charge is 2.35. The van der Waals surface area contributed by atoms with Crippen LogP contribution < -0.4 is 0 Å². The Morgan fingerprint density at radius 3 is 2.65 bits per heavy atom. The summed E-state index contributed by atoms with van der Waals surface area (Å²) in [6, 6.07) is 5.06. The van der Waals surface area contributed by atoms with Gasteiger partial charge in [-0.1, -0.05) is 11.6 Å². The van der Waals surface area contributed by atoms with Crippen LogP contribution in [-0.2, 0) is 10.2 Å². The molecule has 1 aromatic rings. The van der Waals surface area contributed by atoms with Gasteiger partial charge in [-0.25, -0.2) is 0 Å². The molecule has 0 amide bonds. The lowest BCUT2D eigenvalue weighted by Gasteiger charge is -2.35. The molecule has 0 spiro atoms. The molecule has 1 aliphatic rings. The average Bonchev–Trinajstić information content (AvgIpc) is 2.38. The minimum atomic E-state index is -0.541. The van der Waals surface area contributed by atoms with Crippen molar-refractivity contribution in [3.63, 3.8) is 0 Å². The predicted octanol–water partition coefficient (Wildman–Crippen LogP) is 3.17. The maximum Gasteiger partial charge on any atom is 0.150 e. The summed E-state index contributed by atoms with van der Waals surface area (Å²) in [5.74, 6) is 0. The fourth-order valence-electron chi connectivity index (χ4n) is 2.25. The zero-order chi connectivity index (χ0) is 12.3. The van der Waals surface area contributed by atoms with Gasteiger partial charge in [-0.15, -0.1) is 0 Å². The molecule has 0 saturated carbocycles. The molecule has 0 N–H and O–H groups in total. The Bertz CT molecular complexity index is 414. The van der Waals surface area contributed by atoms with Crippen molar-refractivity contribution >= 4 is 17.9 Å². The third-order valence-corrected chi connectivity index (χ3v) is 3.59. The Kier molecular flexibility index (Phi) is 3.79. The molecule has 92 valence electrons. The number of aldehydes is 1. The first kappa shape index (κ1) is 12.5. The van der Waals surface area contributed by atoms with Crippen molar-refractivity contribution in [2.75, 3.05) is 19.9 Å². The second-order valence-electron chi connectivity index (χ2n) is 4.42. The third kappa shape index (κ3) is 2.50. The summed E-state index contributed by atoms with van der Waals surface area (Å²) in [6.07, 6.45) is 1.99. The lowest BCUT2D eigenvalue weighted by molar-refractivity contribution is 0.0402. The summed E-state index contributed by atoms with van der Waals surface area (Å²) >= 11 is 5.95. The highest BCUT2D eigenvalue weighted by Crippen LogP contribution is 2.36. The molecule has 0 aliphatic carbocycles. The third-order valence-electron chi connectivity index (χ3n) is 3.37. The molecule has 0 atom stereocenters. The summed E-state index contributed by atoms with van der Waals surface area (Å²) in [5.41, 5.74) is 0.755. The number of hydrogen-bond acceptors (Lipinski definition) is 2. The van der Waals surface area contributed by atoms with Crippen LogP contribution in [0.25, 0.3) is 0 Å². The van der Waals surface area contributed by atoms with E-state index in [2.05, 4.69) is 0 Å². The van der Waals surface area contributed by atoms with E-state index in [0.717, 1.165) is 11.8 Å². The molecule has 1 heterocycles. The normalized spacial score (nSPS) is 18.9. The number of ether oxygens (including phenoxy) is 1. The average molecular weight is 257 g/mol. The van der Waals surface area contributed by atoms with Gasteiger partial charge in [0.2, 0.25) is 0 Å². The van der Waals surface area contributed by atoms with E-state index in [4.69, 9.17) is 16.3 Å². The molecular weight excluding hydrogens is 243 g/mol. The monoisotopic (exact) mass is 256 g/mol. The van der Waals surface area contributed by atoms with Gasteiger partial charge in [0, 0.05) is 29.2 Å². The summed E-state index contributed by atoms with van der Waals surface area (Å²) in [7, 11) is 0. The molecule has 0 unspecified atom stereocenters. The molecule has 1 saturated heterocycles. The van der Waals surface area contributed by atoms with Crippen molar-refractivity contribution in [3.8, 4) is 0 Å². The molecule has 0 aromatic heterocycles. The summed E-state index contributed by atoms with van der Waals surface area (Å²) in [4.78, 5) is 10.8. The van der Waals surface area contributed by atoms with Crippen LogP contribution in [0.15, 0.2) is 18.2 Å². The number of benzene rings is 1. The highest BCUT2D eigenvalue weighted by molar-refractivity contribution is 6.30. The minimum absolute atomic E-state index is 0.449. The van der Waals surface area contributed by atoms with Crippen LogP contribution in [0.1, 0.15) is 28.8 Å². The van der Waals surface area contributed by atoms with Crippen molar-refractivity contribution < 1.29 is 13.9 Å². The largest absolute Gasteiger partial charge is 0.381 e. The SMILES string of the molecule is O=Cc1cc(Cl)cc(C2(CF)CCOCC2)c1. The van der Waals surface area contributed by atoms with E-state index in [1.165, 1.54) is 0 Å². The van der Waals surface area contributed by atoms with Crippen molar-refractivity contribution in [1.82, 2.24) is 0 Å². The number of carbonyl (C=O) groups excluding carboxylic acids is 1. The fraction of sp³-hybridized carbons (Fsp3) is 0.462. The first-order valence-corrected chi connectivity index (χ1v) is 5.98. The van der Waals surface area contributed by atoms with Gasteiger partial charge in [0.25, 0.3) is 0 Å². The van der Waals surface area contributed by atoms with Crippen LogP contribution in [0.3, 0.4) is 0 Å². The molecule has 1 aliphatic heterocycles. The van der Waals surface area contributed by atoms with Gasteiger partial charge >= 0.3 is 0 Å². The summed E-state index contributed by atoms with van der Waals surface area (Å²) < 4.78 is 18.7.